The molecule has 1 heterocycles. The Morgan fingerprint density at radius 3 is 1.42 bits per heavy atom. The topological polar surface area (TPSA) is 64.9 Å². The molecule has 0 aliphatic rings. The van der Waals surface area contributed by atoms with Gasteiger partial charge in [-0.1, -0.05) is 91.0 Å². The van der Waals surface area contributed by atoms with Crippen LogP contribution in [-0.2, 0) is 0 Å². The summed E-state index contributed by atoms with van der Waals surface area (Å²) in [5.41, 5.74) is 19.0. The molecular formula is C23H19N3. The van der Waals surface area contributed by atoms with Crippen LogP contribution in [0.15, 0.2) is 91.0 Å². The Morgan fingerprint density at radius 1 is 0.500 bits per heavy atom. The highest BCUT2D eigenvalue weighted by molar-refractivity contribution is 6.00. The van der Waals surface area contributed by atoms with Crippen molar-refractivity contribution in [1.29, 1.82) is 0 Å². The molecule has 1 aromatic heterocycles. The number of pyridine rings is 1. The van der Waals surface area contributed by atoms with Crippen molar-refractivity contribution in [3.63, 3.8) is 0 Å². The van der Waals surface area contributed by atoms with Crippen LogP contribution in [0, 0.1) is 0 Å². The zero-order chi connectivity index (χ0) is 17.9. The minimum Gasteiger partial charge on any atom is -0.395 e. The number of hydrogen-bond acceptors (Lipinski definition) is 3. The first-order chi connectivity index (χ1) is 12.8. The average Bonchev–Trinajstić information content (AvgIpc) is 2.71. The largest absolute Gasteiger partial charge is 0.395 e. The fraction of sp³-hybridized carbons (Fsp3) is 0. The van der Waals surface area contributed by atoms with E-state index in [4.69, 9.17) is 11.5 Å². The van der Waals surface area contributed by atoms with Gasteiger partial charge in [0.05, 0.1) is 11.4 Å². The minimum atomic E-state index is 0.349. The summed E-state index contributed by atoms with van der Waals surface area (Å²) >= 11 is 0. The summed E-state index contributed by atoms with van der Waals surface area (Å²) in [4.78, 5) is 4.66. The third-order valence-corrected chi connectivity index (χ3v) is 4.44. The lowest BCUT2D eigenvalue weighted by atomic mass is 9.90. The summed E-state index contributed by atoms with van der Waals surface area (Å²) in [5.74, 6) is 0.349. The molecule has 0 fully saturated rings. The van der Waals surface area contributed by atoms with Crippen molar-refractivity contribution in [3.8, 4) is 33.5 Å². The van der Waals surface area contributed by atoms with Crippen LogP contribution < -0.4 is 11.5 Å². The molecule has 4 rings (SSSR count). The third kappa shape index (κ3) is 2.80. The van der Waals surface area contributed by atoms with Crippen molar-refractivity contribution in [2.24, 2.45) is 0 Å². The van der Waals surface area contributed by atoms with Gasteiger partial charge in [0, 0.05) is 16.7 Å². The number of nitrogens with zero attached hydrogens (tertiary/aromatic N) is 1. The highest BCUT2D eigenvalue weighted by atomic mass is 14.9. The van der Waals surface area contributed by atoms with E-state index in [1.54, 1.807) is 0 Å². The highest BCUT2D eigenvalue weighted by Gasteiger charge is 2.20. The second-order valence-corrected chi connectivity index (χ2v) is 6.11. The van der Waals surface area contributed by atoms with Crippen LogP contribution in [0.1, 0.15) is 0 Å². The molecule has 3 heteroatoms. The van der Waals surface area contributed by atoms with Crippen molar-refractivity contribution in [3.05, 3.63) is 91.0 Å². The predicted molar refractivity (Wildman–Crippen MR) is 109 cm³/mol. The van der Waals surface area contributed by atoms with Crippen molar-refractivity contribution in [1.82, 2.24) is 4.98 Å². The maximum atomic E-state index is 6.41. The lowest BCUT2D eigenvalue weighted by Gasteiger charge is -2.19. The van der Waals surface area contributed by atoms with Gasteiger partial charge in [0.15, 0.2) is 0 Å². The number of aromatic nitrogens is 1. The number of nitrogen functional groups attached to an aromatic ring is 2. The Hall–Kier alpha value is -3.59. The number of hydrogen-bond donors (Lipinski definition) is 2. The van der Waals surface area contributed by atoms with Gasteiger partial charge in [0.25, 0.3) is 0 Å². The summed E-state index contributed by atoms with van der Waals surface area (Å²) in [5, 5.41) is 0. The molecule has 0 unspecified atom stereocenters. The Morgan fingerprint density at radius 2 is 0.923 bits per heavy atom. The molecule has 126 valence electrons. The van der Waals surface area contributed by atoms with Gasteiger partial charge in [-0.3, -0.25) is 0 Å². The molecule has 0 radical (unpaired) electrons. The van der Waals surface area contributed by atoms with Gasteiger partial charge < -0.3 is 11.5 Å². The lowest BCUT2D eigenvalue weighted by Crippen LogP contribution is -2.05. The first kappa shape index (κ1) is 15.9. The molecule has 0 amide bonds. The van der Waals surface area contributed by atoms with E-state index in [0.717, 1.165) is 33.5 Å². The highest BCUT2D eigenvalue weighted by Crippen LogP contribution is 2.43. The Balaban J connectivity index is 2.12. The zero-order valence-corrected chi connectivity index (χ0v) is 14.3. The molecule has 0 saturated carbocycles. The van der Waals surface area contributed by atoms with E-state index in [1.807, 2.05) is 78.9 Å². The molecule has 0 saturated heterocycles. The van der Waals surface area contributed by atoms with Crippen LogP contribution in [0.5, 0.6) is 0 Å². The smallest absolute Gasteiger partial charge is 0.148 e. The first-order valence-electron chi connectivity index (χ1n) is 8.51. The Labute approximate surface area is 153 Å². The molecule has 0 spiro atoms. The molecule has 3 nitrogen and oxygen atoms in total. The zero-order valence-electron chi connectivity index (χ0n) is 14.3. The van der Waals surface area contributed by atoms with Crippen LogP contribution in [-0.4, -0.2) is 4.98 Å². The number of rotatable bonds is 3. The molecular weight excluding hydrogens is 318 g/mol. The minimum absolute atomic E-state index is 0.349. The monoisotopic (exact) mass is 337 g/mol. The Bertz CT molecular complexity index is 1030. The maximum absolute atomic E-state index is 6.41. The van der Waals surface area contributed by atoms with Crippen molar-refractivity contribution in [2.45, 2.75) is 0 Å². The molecule has 0 aliphatic carbocycles. The molecule has 0 aliphatic heterocycles. The normalized spacial score (nSPS) is 10.6. The van der Waals surface area contributed by atoms with Crippen molar-refractivity contribution >= 4 is 11.5 Å². The summed E-state index contributed by atoms with van der Waals surface area (Å²) in [6, 6.07) is 30.4. The van der Waals surface area contributed by atoms with Gasteiger partial charge in [-0.15, -0.1) is 0 Å². The predicted octanol–water partition coefficient (Wildman–Crippen LogP) is 5.25. The molecule has 3 aromatic carbocycles. The lowest BCUT2D eigenvalue weighted by molar-refractivity contribution is 1.33. The van der Waals surface area contributed by atoms with Gasteiger partial charge in [-0.25, -0.2) is 4.98 Å². The van der Waals surface area contributed by atoms with E-state index in [2.05, 4.69) is 17.1 Å². The second kappa shape index (κ2) is 6.73. The molecule has 4 N–H and O–H groups in total. The van der Waals surface area contributed by atoms with Crippen molar-refractivity contribution in [2.75, 3.05) is 11.5 Å². The standard InChI is InChI=1S/C23H19N3/c24-21-19(16-10-4-1-5-11-16)20(17-12-6-2-7-13-17)22(26-23(21)25)18-14-8-3-9-15-18/h1-15H,24H2,(H2,25,26). The maximum Gasteiger partial charge on any atom is 0.148 e. The Kier molecular flexibility index (Phi) is 4.12. The van der Waals surface area contributed by atoms with Gasteiger partial charge >= 0.3 is 0 Å². The van der Waals surface area contributed by atoms with Crippen LogP contribution in [0.3, 0.4) is 0 Å². The van der Waals surface area contributed by atoms with E-state index in [0.29, 0.717) is 11.5 Å². The SMILES string of the molecule is Nc1nc(-c2ccccc2)c(-c2ccccc2)c(-c2ccccc2)c1N. The van der Waals surface area contributed by atoms with Gasteiger partial charge in [-0.2, -0.15) is 0 Å². The van der Waals surface area contributed by atoms with Crippen LogP contribution in [0.4, 0.5) is 11.5 Å². The fourth-order valence-corrected chi connectivity index (χ4v) is 3.21. The average molecular weight is 337 g/mol. The van der Waals surface area contributed by atoms with E-state index in [-0.39, 0.29) is 0 Å². The molecule has 4 aromatic rings. The van der Waals surface area contributed by atoms with Crippen LogP contribution in [0.25, 0.3) is 33.5 Å². The van der Waals surface area contributed by atoms with E-state index in [1.165, 1.54) is 0 Å². The van der Waals surface area contributed by atoms with Crippen LogP contribution in [0.2, 0.25) is 0 Å². The van der Waals surface area contributed by atoms with E-state index >= 15 is 0 Å². The molecule has 26 heavy (non-hydrogen) atoms. The summed E-state index contributed by atoms with van der Waals surface area (Å²) < 4.78 is 0. The number of benzene rings is 3. The van der Waals surface area contributed by atoms with Gasteiger partial charge in [-0.05, 0) is 11.1 Å². The fourth-order valence-electron chi connectivity index (χ4n) is 3.21. The summed E-state index contributed by atoms with van der Waals surface area (Å²) in [6.07, 6.45) is 0. The number of anilines is 2. The third-order valence-electron chi connectivity index (χ3n) is 4.44. The second-order valence-electron chi connectivity index (χ2n) is 6.11. The van der Waals surface area contributed by atoms with Crippen molar-refractivity contribution < 1.29 is 0 Å². The molecule has 0 bridgehead atoms. The number of nitrogens with two attached hydrogens (primary N) is 2. The van der Waals surface area contributed by atoms with Gasteiger partial charge in [0.2, 0.25) is 0 Å². The van der Waals surface area contributed by atoms with Gasteiger partial charge in [0.1, 0.15) is 5.82 Å². The van der Waals surface area contributed by atoms with E-state index in [9.17, 15) is 0 Å². The summed E-state index contributed by atoms with van der Waals surface area (Å²) in [7, 11) is 0. The summed E-state index contributed by atoms with van der Waals surface area (Å²) in [6.45, 7) is 0. The van der Waals surface area contributed by atoms with E-state index < -0.39 is 0 Å². The quantitative estimate of drug-likeness (QED) is 0.537. The molecule has 0 atom stereocenters. The first-order valence-corrected chi connectivity index (χ1v) is 8.51. The van der Waals surface area contributed by atoms with Crippen LogP contribution >= 0.6 is 0 Å².